The fraction of sp³-hybridized carbons (Fsp3) is 0.370. The molecule has 1 fully saturated rings. The number of aromatic nitrogens is 2. The van der Waals surface area contributed by atoms with Crippen molar-refractivity contribution in [1.29, 1.82) is 0 Å². The van der Waals surface area contributed by atoms with Crippen LogP contribution < -0.4 is 15.0 Å². The van der Waals surface area contributed by atoms with Crippen molar-refractivity contribution >= 4 is 17.5 Å². The molecule has 1 aliphatic carbocycles. The van der Waals surface area contributed by atoms with E-state index in [0.29, 0.717) is 17.1 Å². The van der Waals surface area contributed by atoms with Crippen LogP contribution in [0.4, 0.5) is 18.9 Å². The number of alkyl halides is 3. The van der Waals surface area contributed by atoms with E-state index < -0.39 is 17.8 Å². The van der Waals surface area contributed by atoms with Gasteiger partial charge in [-0.2, -0.15) is 18.3 Å². The summed E-state index contributed by atoms with van der Waals surface area (Å²) >= 11 is 0. The second kappa shape index (κ2) is 9.46. The van der Waals surface area contributed by atoms with Gasteiger partial charge in [-0.15, -0.1) is 0 Å². The Labute approximate surface area is 218 Å². The number of anilines is 1. The first-order chi connectivity index (χ1) is 18.1. The van der Waals surface area contributed by atoms with E-state index in [1.807, 2.05) is 12.1 Å². The van der Waals surface area contributed by atoms with Gasteiger partial charge in [-0.05, 0) is 68.3 Å². The lowest BCUT2D eigenvalue weighted by molar-refractivity contribution is -0.142. The van der Waals surface area contributed by atoms with Gasteiger partial charge in [0.05, 0.1) is 24.9 Å². The standard InChI is InChI=1S/C27H28F3N5O3/c1-31-16-22(36)33(2)26(13-14-26)17-4-6-18(7-5-17)34-15-12-21-23(25(34)37)35(32-24(21)27(28,29)30)19-8-10-20(38-3)11-9-19/h4-11,31H,12-16H2,1-3H3. The fourth-order valence-electron chi connectivity index (χ4n) is 5.14. The molecule has 1 aliphatic heterocycles. The van der Waals surface area contributed by atoms with Crippen LogP contribution in [0, 0.1) is 0 Å². The van der Waals surface area contributed by atoms with Gasteiger partial charge in [0.1, 0.15) is 11.4 Å². The van der Waals surface area contributed by atoms with Crippen LogP contribution in [0.1, 0.15) is 40.2 Å². The SMILES string of the molecule is CNCC(=O)N(C)C1(c2ccc(N3CCc4c(C(F)(F)F)nn(-c5ccc(OC)cc5)c4C3=O)cc2)CC1. The van der Waals surface area contributed by atoms with E-state index in [1.165, 1.54) is 12.0 Å². The highest BCUT2D eigenvalue weighted by atomic mass is 19.4. The molecule has 200 valence electrons. The second-order valence-corrected chi connectivity index (χ2v) is 9.55. The average molecular weight is 528 g/mol. The molecule has 0 spiro atoms. The maximum atomic E-state index is 13.9. The number of carbonyl (C=O) groups is 2. The summed E-state index contributed by atoms with van der Waals surface area (Å²) in [7, 11) is 5.00. The Morgan fingerprint density at radius 2 is 1.74 bits per heavy atom. The first-order valence-corrected chi connectivity index (χ1v) is 12.3. The Kier molecular flexibility index (Phi) is 6.42. The molecule has 0 atom stereocenters. The Morgan fingerprint density at radius 1 is 1.11 bits per heavy atom. The molecule has 1 saturated carbocycles. The van der Waals surface area contributed by atoms with Gasteiger partial charge in [0.25, 0.3) is 5.91 Å². The number of rotatable bonds is 7. The lowest BCUT2D eigenvalue weighted by Crippen LogP contribution is -2.41. The van der Waals surface area contributed by atoms with Crippen molar-refractivity contribution in [2.75, 3.05) is 39.2 Å². The van der Waals surface area contributed by atoms with E-state index in [0.717, 1.165) is 23.1 Å². The zero-order valence-electron chi connectivity index (χ0n) is 21.3. The molecule has 0 bridgehead atoms. The van der Waals surface area contributed by atoms with Crippen molar-refractivity contribution in [1.82, 2.24) is 20.0 Å². The molecular formula is C27H28F3N5O3. The first kappa shape index (κ1) is 25.8. The highest BCUT2D eigenvalue weighted by Crippen LogP contribution is 2.50. The van der Waals surface area contributed by atoms with Crippen LogP contribution in [-0.2, 0) is 22.9 Å². The van der Waals surface area contributed by atoms with Gasteiger partial charge < -0.3 is 19.9 Å². The molecular weight excluding hydrogens is 499 g/mol. The summed E-state index contributed by atoms with van der Waals surface area (Å²) in [5.41, 5.74) is 0.230. The Balaban J connectivity index is 1.47. The number of hydrogen-bond acceptors (Lipinski definition) is 5. The Morgan fingerprint density at radius 3 is 2.29 bits per heavy atom. The van der Waals surface area contributed by atoms with Crippen molar-refractivity contribution < 1.29 is 27.5 Å². The van der Waals surface area contributed by atoms with Crippen LogP contribution >= 0.6 is 0 Å². The number of halogens is 3. The van der Waals surface area contributed by atoms with Crippen LogP contribution in [-0.4, -0.2) is 60.8 Å². The minimum absolute atomic E-state index is 0.0129. The lowest BCUT2D eigenvalue weighted by atomic mass is 10.00. The molecule has 0 radical (unpaired) electrons. The molecule has 2 aliphatic rings. The molecule has 11 heteroatoms. The predicted octanol–water partition coefficient (Wildman–Crippen LogP) is 3.77. The van der Waals surface area contributed by atoms with Crippen molar-refractivity contribution in [2.24, 2.45) is 0 Å². The number of hydrogen-bond donors (Lipinski definition) is 1. The molecule has 2 aromatic carbocycles. The highest BCUT2D eigenvalue weighted by molar-refractivity contribution is 6.07. The number of nitrogens with one attached hydrogen (secondary N) is 1. The van der Waals surface area contributed by atoms with Crippen molar-refractivity contribution in [3.63, 3.8) is 0 Å². The van der Waals surface area contributed by atoms with E-state index in [9.17, 15) is 22.8 Å². The van der Waals surface area contributed by atoms with E-state index >= 15 is 0 Å². The van der Waals surface area contributed by atoms with Crippen LogP contribution in [0.25, 0.3) is 5.69 Å². The number of benzene rings is 2. The van der Waals surface area contributed by atoms with Gasteiger partial charge in [0, 0.05) is 24.8 Å². The molecule has 1 N–H and O–H groups in total. The third kappa shape index (κ3) is 4.30. The molecule has 8 nitrogen and oxygen atoms in total. The van der Waals surface area contributed by atoms with Crippen molar-refractivity contribution in [2.45, 2.75) is 31.0 Å². The number of carbonyl (C=O) groups excluding carboxylic acids is 2. The maximum Gasteiger partial charge on any atom is 0.435 e. The van der Waals surface area contributed by atoms with E-state index in [2.05, 4.69) is 10.4 Å². The number of amides is 2. The second-order valence-electron chi connectivity index (χ2n) is 9.55. The quantitative estimate of drug-likeness (QED) is 0.506. The largest absolute Gasteiger partial charge is 0.497 e. The van der Waals surface area contributed by atoms with Crippen LogP contribution in [0.15, 0.2) is 48.5 Å². The Bertz CT molecular complexity index is 1360. The molecule has 0 saturated heterocycles. The normalized spacial score (nSPS) is 16.3. The molecule has 38 heavy (non-hydrogen) atoms. The van der Waals surface area contributed by atoms with Gasteiger partial charge in [-0.3, -0.25) is 9.59 Å². The average Bonchev–Trinajstić information content (AvgIpc) is 3.61. The fourth-order valence-corrected chi connectivity index (χ4v) is 5.14. The zero-order chi connectivity index (χ0) is 27.2. The summed E-state index contributed by atoms with van der Waals surface area (Å²) in [5, 5.41) is 6.71. The number of methoxy groups -OCH3 is 1. The summed E-state index contributed by atoms with van der Waals surface area (Å²) in [6, 6.07) is 13.7. The molecule has 2 heterocycles. The predicted molar refractivity (Wildman–Crippen MR) is 135 cm³/mol. The lowest BCUT2D eigenvalue weighted by Gasteiger charge is -2.30. The summed E-state index contributed by atoms with van der Waals surface area (Å²) in [5.74, 6) is -0.0362. The van der Waals surface area contributed by atoms with Crippen molar-refractivity contribution in [3.8, 4) is 11.4 Å². The molecule has 5 rings (SSSR count). The van der Waals surface area contributed by atoms with Gasteiger partial charge in [0.2, 0.25) is 5.91 Å². The number of nitrogens with zero attached hydrogens (tertiary/aromatic N) is 4. The summed E-state index contributed by atoms with van der Waals surface area (Å²) in [6.45, 7) is 0.330. The maximum absolute atomic E-state index is 13.9. The van der Waals surface area contributed by atoms with E-state index in [-0.39, 0.29) is 42.2 Å². The van der Waals surface area contributed by atoms with Crippen LogP contribution in [0.2, 0.25) is 0 Å². The molecule has 1 aromatic heterocycles. The number of likely N-dealkylation sites (N-methyl/N-ethyl adjacent to an activating group) is 2. The minimum atomic E-state index is -4.69. The minimum Gasteiger partial charge on any atom is -0.497 e. The van der Waals surface area contributed by atoms with Crippen LogP contribution in [0.5, 0.6) is 5.75 Å². The van der Waals surface area contributed by atoms with Crippen molar-refractivity contribution in [3.05, 3.63) is 71.0 Å². The number of fused-ring (bicyclic) bond motifs is 1. The molecule has 3 aromatic rings. The van der Waals surface area contributed by atoms with E-state index in [1.54, 1.807) is 55.4 Å². The van der Waals surface area contributed by atoms with Gasteiger partial charge >= 0.3 is 6.18 Å². The number of ether oxygens (including phenoxy) is 1. The summed E-state index contributed by atoms with van der Waals surface area (Å²) in [4.78, 5) is 29.3. The summed E-state index contributed by atoms with van der Waals surface area (Å²) < 4.78 is 47.8. The zero-order valence-corrected chi connectivity index (χ0v) is 21.3. The Hall–Kier alpha value is -3.86. The molecule has 2 amide bonds. The molecule has 0 unspecified atom stereocenters. The summed E-state index contributed by atoms with van der Waals surface area (Å²) in [6.07, 6.45) is -3.00. The smallest absolute Gasteiger partial charge is 0.435 e. The van der Waals surface area contributed by atoms with Gasteiger partial charge in [0.15, 0.2) is 5.69 Å². The van der Waals surface area contributed by atoms with Gasteiger partial charge in [-0.25, -0.2) is 4.68 Å². The van der Waals surface area contributed by atoms with E-state index in [4.69, 9.17) is 4.74 Å². The van der Waals surface area contributed by atoms with Crippen LogP contribution in [0.3, 0.4) is 0 Å². The highest BCUT2D eigenvalue weighted by Gasteiger charge is 2.50. The first-order valence-electron chi connectivity index (χ1n) is 12.3. The topological polar surface area (TPSA) is 79.7 Å². The third-order valence-corrected chi connectivity index (χ3v) is 7.39. The monoisotopic (exact) mass is 527 g/mol. The van der Waals surface area contributed by atoms with Gasteiger partial charge in [-0.1, -0.05) is 12.1 Å². The third-order valence-electron chi connectivity index (χ3n) is 7.39.